The standard InChI is InChI=1S/C23H28N8O2S/c1-13-8-15(33-4)9-14(2)20(13)18-10-17(29-21(30-18)16(25)11-24)19-12-28-23(34-19)31-22(32)27-7-5-6-26-3/h8-12,24-26H,5-7H2,1-4H3,(H2,27,28,31,32). The maximum absolute atomic E-state index is 12.1. The lowest BCUT2D eigenvalue weighted by Gasteiger charge is -2.13. The number of anilines is 1. The number of nitrogens with one attached hydrogen (secondary N) is 5. The van der Waals surface area contributed by atoms with Gasteiger partial charge in [-0.25, -0.2) is 19.7 Å². The average Bonchev–Trinajstić information content (AvgIpc) is 3.29. The van der Waals surface area contributed by atoms with Crippen LogP contribution in [0.2, 0.25) is 0 Å². The van der Waals surface area contributed by atoms with E-state index in [9.17, 15) is 4.79 Å². The second-order valence-corrected chi connectivity index (χ2v) is 8.55. The summed E-state index contributed by atoms with van der Waals surface area (Å²) in [5.41, 5.74) is 3.93. The quantitative estimate of drug-likeness (QED) is 0.221. The number of ether oxygens (including phenoxy) is 1. The van der Waals surface area contributed by atoms with Gasteiger partial charge in [0, 0.05) is 24.5 Å². The molecule has 0 unspecified atom stereocenters. The van der Waals surface area contributed by atoms with Crippen LogP contribution in [0.15, 0.2) is 24.4 Å². The molecule has 11 heteroatoms. The fourth-order valence-electron chi connectivity index (χ4n) is 3.39. The van der Waals surface area contributed by atoms with Crippen molar-refractivity contribution in [3.05, 3.63) is 41.3 Å². The van der Waals surface area contributed by atoms with Crippen LogP contribution in [0.1, 0.15) is 23.4 Å². The maximum Gasteiger partial charge on any atom is 0.321 e. The summed E-state index contributed by atoms with van der Waals surface area (Å²) in [6, 6.07) is 5.36. The summed E-state index contributed by atoms with van der Waals surface area (Å²) in [7, 11) is 3.49. The molecule has 0 aliphatic carbocycles. The molecule has 10 nitrogen and oxygen atoms in total. The number of methoxy groups -OCH3 is 1. The van der Waals surface area contributed by atoms with Gasteiger partial charge >= 0.3 is 6.03 Å². The smallest absolute Gasteiger partial charge is 0.321 e. The highest BCUT2D eigenvalue weighted by atomic mass is 32.1. The van der Waals surface area contributed by atoms with Gasteiger partial charge in [0.25, 0.3) is 0 Å². The lowest BCUT2D eigenvalue weighted by Crippen LogP contribution is -2.30. The Morgan fingerprint density at radius 3 is 2.50 bits per heavy atom. The Balaban J connectivity index is 1.93. The fourth-order valence-corrected chi connectivity index (χ4v) is 4.16. The number of benzene rings is 1. The van der Waals surface area contributed by atoms with Gasteiger partial charge in [-0.05, 0) is 63.2 Å². The lowest BCUT2D eigenvalue weighted by atomic mass is 9.98. The van der Waals surface area contributed by atoms with Gasteiger partial charge in [0.1, 0.15) is 11.5 Å². The molecule has 0 fully saturated rings. The third-order valence-electron chi connectivity index (χ3n) is 4.98. The molecule has 0 saturated carbocycles. The van der Waals surface area contributed by atoms with Gasteiger partial charge in [0.05, 0.1) is 23.4 Å². The molecule has 2 amide bonds. The number of aromatic nitrogens is 3. The van der Waals surface area contributed by atoms with Crippen LogP contribution in [0.5, 0.6) is 5.75 Å². The molecule has 2 heterocycles. The zero-order valence-corrected chi connectivity index (χ0v) is 20.4. The van der Waals surface area contributed by atoms with Crippen LogP contribution < -0.4 is 20.7 Å². The number of thiazole rings is 1. The van der Waals surface area contributed by atoms with Crippen LogP contribution >= 0.6 is 11.3 Å². The summed E-state index contributed by atoms with van der Waals surface area (Å²) in [5, 5.41) is 24.6. The highest BCUT2D eigenvalue weighted by Gasteiger charge is 2.17. The summed E-state index contributed by atoms with van der Waals surface area (Å²) in [4.78, 5) is 26.1. The van der Waals surface area contributed by atoms with Gasteiger partial charge in [-0.2, -0.15) is 0 Å². The van der Waals surface area contributed by atoms with Crippen LogP contribution in [0.25, 0.3) is 21.8 Å². The van der Waals surface area contributed by atoms with E-state index in [4.69, 9.17) is 15.6 Å². The van der Waals surface area contributed by atoms with Gasteiger partial charge in [0.15, 0.2) is 11.0 Å². The SMILES string of the molecule is CNCCCNC(=O)Nc1ncc(-c2cc(-c3c(C)cc(OC)cc3C)nc(C(=N)C=N)n2)s1. The first-order valence-electron chi connectivity index (χ1n) is 10.7. The van der Waals surface area contributed by atoms with Gasteiger partial charge < -0.3 is 20.8 Å². The van der Waals surface area contributed by atoms with E-state index < -0.39 is 0 Å². The monoisotopic (exact) mass is 480 g/mol. The zero-order valence-electron chi connectivity index (χ0n) is 19.6. The number of nitrogens with zero attached hydrogens (tertiary/aromatic N) is 3. The second-order valence-electron chi connectivity index (χ2n) is 7.52. The molecule has 0 radical (unpaired) electrons. The van der Waals surface area contributed by atoms with Gasteiger partial charge in [0.2, 0.25) is 0 Å². The molecule has 34 heavy (non-hydrogen) atoms. The maximum atomic E-state index is 12.1. The molecule has 0 aliphatic heterocycles. The number of hydrogen-bond acceptors (Lipinski definition) is 9. The van der Waals surface area contributed by atoms with Crippen LogP contribution in [-0.2, 0) is 0 Å². The van der Waals surface area contributed by atoms with Crippen LogP contribution in [0.4, 0.5) is 9.93 Å². The molecule has 3 rings (SSSR count). The first-order chi connectivity index (χ1) is 16.4. The highest BCUT2D eigenvalue weighted by Crippen LogP contribution is 2.34. The largest absolute Gasteiger partial charge is 0.497 e. The van der Waals surface area contributed by atoms with Gasteiger partial charge in [-0.1, -0.05) is 11.3 Å². The minimum absolute atomic E-state index is 0.101. The third kappa shape index (κ3) is 6.00. The molecular weight excluding hydrogens is 452 g/mol. The Kier molecular flexibility index (Phi) is 8.39. The number of amides is 2. The number of carbonyl (C=O) groups is 1. The Morgan fingerprint density at radius 2 is 1.85 bits per heavy atom. The summed E-state index contributed by atoms with van der Waals surface area (Å²) in [6.07, 6.45) is 3.36. The van der Waals surface area contributed by atoms with Gasteiger partial charge in [-0.15, -0.1) is 0 Å². The predicted molar refractivity (Wildman–Crippen MR) is 136 cm³/mol. The average molecular weight is 481 g/mol. The molecule has 0 atom stereocenters. The Morgan fingerprint density at radius 1 is 1.15 bits per heavy atom. The highest BCUT2D eigenvalue weighted by molar-refractivity contribution is 7.19. The van der Waals surface area contributed by atoms with E-state index in [0.29, 0.717) is 27.9 Å². The number of urea groups is 1. The molecule has 2 aromatic heterocycles. The molecule has 3 aromatic rings. The van der Waals surface area contributed by atoms with Crippen molar-refractivity contribution in [2.24, 2.45) is 0 Å². The van der Waals surface area contributed by atoms with Crippen LogP contribution in [0.3, 0.4) is 0 Å². The summed E-state index contributed by atoms with van der Waals surface area (Å²) < 4.78 is 5.36. The molecule has 5 N–H and O–H groups in total. The topological polar surface area (TPSA) is 149 Å². The minimum atomic E-state index is -0.323. The Labute approximate surface area is 202 Å². The van der Waals surface area contributed by atoms with E-state index in [1.165, 1.54) is 11.3 Å². The van der Waals surface area contributed by atoms with Crippen molar-refractivity contribution in [3.63, 3.8) is 0 Å². The van der Waals surface area contributed by atoms with E-state index in [1.54, 1.807) is 13.3 Å². The van der Waals surface area contributed by atoms with Crippen molar-refractivity contribution in [2.45, 2.75) is 20.3 Å². The number of aryl methyl sites for hydroxylation is 2. The summed E-state index contributed by atoms with van der Waals surface area (Å²) in [5.74, 6) is 0.894. The van der Waals surface area contributed by atoms with E-state index in [-0.39, 0.29) is 17.6 Å². The van der Waals surface area contributed by atoms with Crippen LogP contribution in [0, 0.1) is 24.7 Å². The van der Waals surface area contributed by atoms with Gasteiger partial charge in [-0.3, -0.25) is 10.7 Å². The molecule has 0 spiro atoms. The van der Waals surface area contributed by atoms with E-state index >= 15 is 0 Å². The second kappa shape index (κ2) is 11.4. The van der Waals surface area contributed by atoms with Crippen molar-refractivity contribution in [1.82, 2.24) is 25.6 Å². The Bertz CT molecular complexity index is 1180. The molecule has 0 bridgehead atoms. The van der Waals surface area contributed by atoms with Crippen LogP contribution in [-0.4, -0.2) is 60.2 Å². The normalized spacial score (nSPS) is 10.6. The first-order valence-corrected chi connectivity index (χ1v) is 11.5. The number of hydrogen-bond donors (Lipinski definition) is 5. The van der Waals surface area contributed by atoms with E-state index in [2.05, 4.69) is 30.9 Å². The van der Waals surface area contributed by atoms with E-state index in [1.807, 2.05) is 39.1 Å². The first kappa shape index (κ1) is 24.9. The predicted octanol–water partition coefficient (Wildman–Crippen LogP) is 3.64. The lowest BCUT2D eigenvalue weighted by molar-refractivity contribution is 0.252. The Hall–Kier alpha value is -3.70. The molecule has 1 aromatic carbocycles. The van der Waals surface area contributed by atoms with Crippen molar-refractivity contribution in [1.29, 1.82) is 10.8 Å². The van der Waals surface area contributed by atoms with Crippen molar-refractivity contribution in [3.8, 4) is 27.6 Å². The third-order valence-corrected chi connectivity index (χ3v) is 5.91. The molecule has 0 saturated heterocycles. The van der Waals surface area contributed by atoms with Crippen molar-refractivity contribution in [2.75, 3.05) is 32.6 Å². The molecular formula is C23H28N8O2S. The summed E-state index contributed by atoms with van der Waals surface area (Å²) in [6.45, 7) is 5.31. The zero-order chi connectivity index (χ0) is 24.7. The van der Waals surface area contributed by atoms with E-state index in [0.717, 1.165) is 41.6 Å². The number of carbonyl (C=O) groups excluding carboxylic acids is 1. The van der Waals surface area contributed by atoms with Crippen molar-refractivity contribution < 1.29 is 9.53 Å². The molecule has 178 valence electrons. The summed E-state index contributed by atoms with van der Waals surface area (Å²) >= 11 is 1.27. The molecule has 0 aliphatic rings. The minimum Gasteiger partial charge on any atom is -0.497 e. The van der Waals surface area contributed by atoms with Crippen molar-refractivity contribution >= 4 is 34.4 Å². The number of rotatable bonds is 10. The fraction of sp³-hybridized carbons (Fsp3) is 0.304.